The highest BCUT2D eigenvalue weighted by Crippen LogP contribution is 2.15. The lowest BCUT2D eigenvalue weighted by Crippen LogP contribution is -2.36. The van der Waals surface area contributed by atoms with Crippen LogP contribution in [0.4, 0.5) is 11.4 Å². The van der Waals surface area contributed by atoms with Gasteiger partial charge in [-0.2, -0.15) is 0 Å². The number of anilines is 2. The molecule has 6 nitrogen and oxygen atoms in total. The first-order valence-electron chi connectivity index (χ1n) is 9.60. The number of hydrogen-bond acceptors (Lipinski definition) is 4. The predicted molar refractivity (Wildman–Crippen MR) is 114 cm³/mol. The number of nitrogens with one attached hydrogen (secondary N) is 2. The van der Waals surface area contributed by atoms with E-state index in [1.54, 1.807) is 6.07 Å². The van der Waals surface area contributed by atoms with Crippen LogP contribution in [-0.2, 0) is 4.74 Å². The van der Waals surface area contributed by atoms with Gasteiger partial charge < -0.3 is 15.0 Å². The Hall–Kier alpha value is -2.86. The summed E-state index contributed by atoms with van der Waals surface area (Å²) in [5.74, 6) is 0.233. The number of aliphatic imine (C=N–C) groups is 1. The zero-order chi connectivity index (χ0) is 19.9. The van der Waals surface area contributed by atoms with Crippen molar-refractivity contribution < 1.29 is 9.53 Å². The van der Waals surface area contributed by atoms with Crippen LogP contribution in [0.2, 0.25) is 0 Å². The predicted octanol–water partition coefficient (Wildman–Crippen LogP) is 3.44. The molecule has 0 aromatic heterocycles. The highest BCUT2D eigenvalue weighted by molar-refractivity contribution is 6.10. The molecule has 6 heteroatoms. The molecule has 1 saturated heterocycles. The molecule has 1 amide bonds. The van der Waals surface area contributed by atoms with Gasteiger partial charge in [0.25, 0.3) is 5.91 Å². The second kappa shape index (κ2) is 9.37. The summed E-state index contributed by atoms with van der Waals surface area (Å²) >= 11 is 0. The van der Waals surface area contributed by atoms with Crippen molar-refractivity contribution >= 4 is 23.2 Å². The number of benzene rings is 2. The Morgan fingerprint density at radius 2 is 2.04 bits per heavy atom. The summed E-state index contributed by atoms with van der Waals surface area (Å²) in [6.45, 7) is 3.33. The molecule has 1 fully saturated rings. The highest BCUT2D eigenvalue weighted by atomic mass is 16.5. The van der Waals surface area contributed by atoms with Gasteiger partial charge in [0.15, 0.2) is 0 Å². The van der Waals surface area contributed by atoms with E-state index in [1.165, 1.54) is 0 Å². The standard InChI is InChI=1S/C22H28N4O2/c1-16-7-4-9-18(13-16)24-22(23-15-20-11-6-12-28-20)25-21(27)17-8-5-10-19(14-17)26(2)3/h4-5,7-10,13-14,20H,6,11-12,15H2,1-3H3,(H2,23,24,25,27). The number of ether oxygens (including phenoxy) is 1. The molecule has 148 valence electrons. The van der Waals surface area contributed by atoms with Gasteiger partial charge in [-0.15, -0.1) is 0 Å². The molecule has 1 unspecified atom stereocenters. The molecular formula is C22H28N4O2. The molecule has 0 radical (unpaired) electrons. The minimum atomic E-state index is -0.199. The lowest BCUT2D eigenvalue weighted by atomic mass is 10.2. The first kappa shape index (κ1) is 19.9. The molecule has 1 atom stereocenters. The molecule has 2 N–H and O–H groups in total. The van der Waals surface area contributed by atoms with Gasteiger partial charge in [-0.05, 0) is 55.7 Å². The van der Waals surface area contributed by atoms with Crippen molar-refractivity contribution in [3.8, 4) is 0 Å². The van der Waals surface area contributed by atoms with Crippen molar-refractivity contribution in [3.63, 3.8) is 0 Å². The Morgan fingerprint density at radius 3 is 2.75 bits per heavy atom. The first-order valence-corrected chi connectivity index (χ1v) is 9.60. The second-order valence-corrected chi connectivity index (χ2v) is 7.22. The van der Waals surface area contributed by atoms with Crippen LogP contribution in [0.15, 0.2) is 53.5 Å². The third-order valence-corrected chi connectivity index (χ3v) is 4.61. The van der Waals surface area contributed by atoms with E-state index in [0.717, 1.165) is 36.4 Å². The number of carbonyl (C=O) groups is 1. The quantitative estimate of drug-likeness (QED) is 0.616. The Bertz CT molecular complexity index is 842. The molecule has 1 aliphatic heterocycles. The SMILES string of the molecule is Cc1cccc(NC(=NCC2CCCO2)NC(=O)c2cccc(N(C)C)c2)c1. The number of guanidine groups is 1. The van der Waals surface area contributed by atoms with E-state index in [4.69, 9.17) is 4.74 Å². The van der Waals surface area contributed by atoms with E-state index in [-0.39, 0.29) is 12.0 Å². The van der Waals surface area contributed by atoms with Crippen LogP contribution in [-0.4, -0.2) is 45.2 Å². The summed E-state index contributed by atoms with van der Waals surface area (Å²) < 4.78 is 5.65. The van der Waals surface area contributed by atoms with E-state index in [0.29, 0.717) is 18.1 Å². The average Bonchev–Trinajstić information content (AvgIpc) is 3.20. The second-order valence-electron chi connectivity index (χ2n) is 7.22. The Kier molecular flexibility index (Phi) is 6.66. The van der Waals surface area contributed by atoms with Gasteiger partial charge in [0.05, 0.1) is 12.6 Å². The highest BCUT2D eigenvalue weighted by Gasteiger charge is 2.16. The lowest BCUT2D eigenvalue weighted by molar-refractivity contribution is 0.0975. The average molecular weight is 380 g/mol. The molecule has 0 saturated carbocycles. The third kappa shape index (κ3) is 5.57. The van der Waals surface area contributed by atoms with Gasteiger partial charge in [-0.1, -0.05) is 18.2 Å². The van der Waals surface area contributed by atoms with Gasteiger partial charge in [-0.25, -0.2) is 4.99 Å². The van der Waals surface area contributed by atoms with E-state index in [1.807, 2.05) is 68.4 Å². The van der Waals surface area contributed by atoms with E-state index in [9.17, 15) is 4.79 Å². The Labute approximate surface area is 166 Å². The maximum Gasteiger partial charge on any atom is 0.258 e. The number of hydrogen-bond donors (Lipinski definition) is 2. The summed E-state index contributed by atoms with van der Waals surface area (Å²) in [5, 5.41) is 6.15. The fraction of sp³-hybridized carbons (Fsp3) is 0.364. The minimum absolute atomic E-state index is 0.114. The summed E-state index contributed by atoms with van der Waals surface area (Å²) in [6.07, 6.45) is 2.17. The monoisotopic (exact) mass is 380 g/mol. The summed E-state index contributed by atoms with van der Waals surface area (Å²) in [7, 11) is 3.90. The number of nitrogens with zero attached hydrogens (tertiary/aromatic N) is 2. The van der Waals surface area contributed by atoms with Crippen molar-refractivity contribution in [3.05, 3.63) is 59.7 Å². The maximum atomic E-state index is 12.8. The molecule has 3 rings (SSSR count). The van der Waals surface area contributed by atoms with Crippen LogP contribution in [0.3, 0.4) is 0 Å². The van der Waals surface area contributed by atoms with Gasteiger partial charge in [0.1, 0.15) is 0 Å². The molecule has 28 heavy (non-hydrogen) atoms. The van der Waals surface area contributed by atoms with Gasteiger partial charge in [-0.3, -0.25) is 10.1 Å². The Balaban J connectivity index is 1.76. The zero-order valence-corrected chi connectivity index (χ0v) is 16.7. The lowest BCUT2D eigenvalue weighted by Gasteiger charge is -2.15. The van der Waals surface area contributed by atoms with E-state index < -0.39 is 0 Å². The van der Waals surface area contributed by atoms with Crippen molar-refractivity contribution in [2.75, 3.05) is 37.5 Å². The molecular weight excluding hydrogens is 352 g/mol. The van der Waals surface area contributed by atoms with Crippen LogP contribution < -0.4 is 15.5 Å². The molecule has 2 aromatic rings. The first-order chi connectivity index (χ1) is 13.5. The fourth-order valence-corrected chi connectivity index (χ4v) is 3.06. The smallest absolute Gasteiger partial charge is 0.258 e. The van der Waals surface area contributed by atoms with Crippen LogP contribution >= 0.6 is 0 Å². The van der Waals surface area contributed by atoms with E-state index in [2.05, 4.69) is 15.6 Å². The van der Waals surface area contributed by atoms with Crippen LogP contribution in [0.5, 0.6) is 0 Å². The Morgan fingerprint density at radius 1 is 1.21 bits per heavy atom. The van der Waals surface area contributed by atoms with Crippen molar-refractivity contribution in [1.29, 1.82) is 0 Å². The number of rotatable bonds is 5. The zero-order valence-electron chi connectivity index (χ0n) is 16.7. The molecule has 0 bridgehead atoms. The van der Waals surface area contributed by atoms with Gasteiger partial charge in [0, 0.05) is 37.6 Å². The fourth-order valence-electron chi connectivity index (χ4n) is 3.06. The van der Waals surface area contributed by atoms with Gasteiger partial charge in [0.2, 0.25) is 5.96 Å². The molecule has 0 spiro atoms. The van der Waals surface area contributed by atoms with Gasteiger partial charge >= 0.3 is 0 Å². The normalized spacial score (nSPS) is 16.7. The minimum Gasteiger partial charge on any atom is -0.378 e. The van der Waals surface area contributed by atoms with E-state index >= 15 is 0 Å². The van der Waals surface area contributed by atoms with Crippen LogP contribution in [0.1, 0.15) is 28.8 Å². The molecule has 2 aromatic carbocycles. The third-order valence-electron chi connectivity index (χ3n) is 4.61. The molecule has 1 heterocycles. The number of carbonyl (C=O) groups excluding carboxylic acids is 1. The topological polar surface area (TPSA) is 66.0 Å². The van der Waals surface area contributed by atoms with Crippen molar-refractivity contribution in [1.82, 2.24) is 5.32 Å². The van der Waals surface area contributed by atoms with Crippen molar-refractivity contribution in [2.24, 2.45) is 4.99 Å². The summed E-state index contributed by atoms with van der Waals surface area (Å²) in [6, 6.07) is 15.5. The molecule has 0 aliphatic carbocycles. The summed E-state index contributed by atoms with van der Waals surface area (Å²) in [4.78, 5) is 19.4. The largest absolute Gasteiger partial charge is 0.378 e. The van der Waals surface area contributed by atoms with Crippen LogP contribution in [0, 0.1) is 6.92 Å². The number of aryl methyl sites for hydroxylation is 1. The van der Waals surface area contributed by atoms with Crippen molar-refractivity contribution in [2.45, 2.75) is 25.9 Å². The number of amides is 1. The summed E-state index contributed by atoms with van der Waals surface area (Å²) in [5.41, 5.74) is 3.57. The molecule has 1 aliphatic rings. The maximum absolute atomic E-state index is 12.8. The van der Waals surface area contributed by atoms with Crippen LogP contribution in [0.25, 0.3) is 0 Å².